The minimum atomic E-state index is -2.77. The van der Waals surface area contributed by atoms with Crippen molar-refractivity contribution in [1.29, 1.82) is 4.78 Å². The number of nitrogens with zero attached hydrogens (tertiary/aromatic N) is 3. The summed E-state index contributed by atoms with van der Waals surface area (Å²) in [6.45, 7) is 1.77. The molecule has 2 aromatic heterocycles. The fraction of sp³-hybridized carbons (Fsp3) is 0.174. The van der Waals surface area contributed by atoms with Gasteiger partial charge in [-0.3, -0.25) is 5.10 Å². The van der Waals surface area contributed by atoms with Crippen LogP contribution < -0.4 is 10.6 Å². The molecule has 0 aliphatic heterocycles. The maximum Gasteiger partial charge on any atom is 0.229 e. The summed E-state index contributed by atoms with van der Waals surface area (Å²) in [5.74, 6) is 7.05. The van der Waals surface area contributed by atoms with E-state index in [4.69, 9.17) is 4.78 Å². The van der Waals surface area contributed by atoms with Crippen LogP contribution in [0.25, 0.3) is 10.9 Å². The van der Waals surface area contributed by atoms with Crippen molar-refractivity contribution in [2.24, 2.45) is 0 Å². The third kappa shape index (κ3) is 5.46. The van der Waals surface area contributed by atoms with E-state index in [9.17, 15) is 9.32 Å². The maximum atomic E-state index is 11.9. The lowest BCUT2D eigenvalue weighted by Crippen LogP contribution is -2.21. The standard InChI is InChI=1S/C23H23N7O2S/c1-15(14-31)27-22-17(5-3-16-4-10-21-18(11-16)13-26-30-21)12-25-23(29-22)28-19-6-8-20(9-7-19)33(2,24)32/h4,6-13,15,24,31H,14H2,1-2H3,(H,26,30)(H2,25,27,28,29)/t15-,33?/m1/s1. The molecule has 0 saturated heterocycles. The van der Waals surface area contributed by atoms with E-state index in [0.717, 1.165) is 16.5 Å². The zero-order chi connectivity index (χ0) is 23.4. The average Bonchev–Trinajstić information content (AvgIpc) is 3.26. The average molecular weight is 462 g/mol. The molecule has 1 unspecified atom stereocenters. The largest absolute Gasteiger partial charge is 0.394 e. The van der Waals surface area contributed by atoms with Gasteiger partial charge in [0.1, 0.15) is 5.82 Å². The highest BCUT2D eigenvalue weighted by atomic mass is 32.2. The monoisotopic (exact) mass is 461 g/mol. The summed E-state index contributed by atoms with van der Waals surface area (Å²) in [5, 5.41) is 23.6. The number of hydrogen-bond acceptors (Lipinski definition) is 8. The molecule has 5 N–H and O–H groups in total. The molecule has 2 atom stereocenters. The number of aromatic amines is 1. The van der Waals surface area contributed by atoms with Crippen molar-refractivity contribution in [2.75, 3.05) is 23.5 Å². The van der Waals surface area contributed by atoms with Gasteiger partial charge in [-0.2, -0.15) is 10.1 Å². The lowest BCUT2D eigenvalue weighted by Gasteiger charge is -2.14. The van der Waals surface area contributed by atoms with Gasteiger partial charge in [-0.1, -0.05) is 11.8 Å². The van der Waals surface area contributed by atoms with Crippen molar-refractivity contribution in [3.8, 4) is 11.8 Å². The Balaban J connectivity index is 1.61. The predicted octanol–water partition coefficient (Wildman–Crippen LogP) is 3.32. The second-order valence-electron chi connectivity index (χ2n) is 7.60. The van der Waals surface area contributed by atoms with Gasteiger partial charge in [0.05, 0.1) is 39.8 Å². The Morgan fingerprint density at radius 3 is 2.70 bits per heavy atom. The zero-order valence-corrected chi connectivity index (χ0v) is 18.9. The van der Waals surface area contributed by atoms with E-state index >= 15 is 0 Å². The van der Waals surface area contributed by atoms with Gasteiger partial charge in [-0.25, -0.2) is 14.0 Å². The van der Waals surface area contributed by atoms with E-state index < -0.39 is 9.73 Å². The topological polar surface area (TPSA) is 140 Å². The first-order chi connectivity index (χ1) is 15.8. The number of nitrogens with one attached hydrogen (secondary N) is 4. The number of benzene rings is 2. The number of rotatable bonds is 6. The number of H-pyrrole nitrogens is 1. The number of anilines is 3. The molecule has 33 heavy (non-hydrogen) atoms. The molecule has 0 aliphatic rings. The SMILES string of the molecule is C[C@H](CO)Nc1nc(Nc2ccc(S(C)(=N)=O)cc2)ncc1C#Cc1ccc2[nH]ncc2c1. The molecule has 10 heteroatoms. The number of aromatic nitrogens is 4. The molecule has 168 valence electrons. The Bertz CT molecular complexity index is 1450. The van der Waals surface area contributed by atoms with Gasteiger partial charge in [-0.05, 0) is 49.4 Å². The van der Waals surface area contributed by atoms with Crippen LogP contribution in [0.15, 0.2) is 59.8 Å². The van der Waals surface area contributed by atoms with E-state index in [2.05, 4.69) is 42.6 Å². The fourth-order valence-electron chi connectivity index (χ4n) is 3.01. The molecule has 0 spiro atoms. The molecule has 4 rings (SSSR count). The van der Waals surface area contributed by atoms with Gasteiger partial charge in [0.15, 0.2) is 0 Å². The van der Waals surface area contributed by atoms with Gasteiger partial charge in [0.25, 0.3) is 0 Å². The fourth-order valence-corrected chi connectivity index (χ4v) is 3.67. The molecule has 0 fully saturated rings. The van der Waals surface area contributed by atoms with E-state index in [1.54, 1.807) is 36.7 Å². The first-order valence-corrected chi connectivity index (χ1v) is 12.1. The third-order valence-electron chi connectivity index (χ3n) is 4.79. The van der Waals surface area contributed by atoms with Crippen molar-refractivity contribution >= 4 is 38.1 Å². The summed E-state index contributed by atoms with van der Waals surface area (Å²) in [7, 11) is -2.77. The first kappa shape index (κ1) is 22.3. The molecule has 2 heterocycles. The molecule has 4 aromatic rings. The van der Waals surface area contributed by atoms with Crippen LogP contribution in [0.3, 0.4) is 0 Å². The predicted molar refractivity (Wildman–Crippen MR) is 129 cm³/mol. The zero-order valence-electron chi connectivity index (χ0n) is 18.1. The van der Waals surface area contributed by atoms with Crippen molar-refractivity contribution in [3.05, 3.63) is 66.0 Å². The van der Waals surface area contributed by atoms with Gasteiger partial charge in [0, 0.05) is 33.8 Å². The lowest BCUT2D eigenvalue weighted by atomic mass is 10.1. The summed E-state index contributed by atoms with van der Waals surface area (Å²) in [6.07, 6.45) is 4.74. The van der Waals surface area contributed by atoms with Crippen molar-refractivity contribution in [3.63, 3.8) is 0 Å². The van der Waals surface area contributed by atoms with Gasteiger partial charge < -0.3 is 15.7 Å². The Labute approximate surface area is 191 Å². The van der Waals surface area contributed by atoms with Crippen LogP contribution in [0, 0.1) is 16.6 Å². The molecule has 0 bridgehead atoms. The molecular formula is C23H23N7O2S. The van der Waals surface area contributed by atoms with Crippen LogP contribution in [-0.4, -0.2) is 48.4 Å². The molecule has 2 aromatic carbocycles. The second-order valence-corrected chi connectivity index (χ2v) is 9.76. The number of hydrogen-bond donors (Lipinski definition) is 5. The summed E-state index contributed by atoms with van der Waals surface area (Å²) < 4.78 is 19.5. The van der Waals surface area contributed by atoms with Crippen LogP contribution in [-0.2, 0) is 9.73 Å². The molecule has 0 amide bonds. The third-order valence-corrected chi connectivity index (χ3v) is 5.96. The number of fused-ring (bicyclic) bond motifs is 1. The van der Waals surface area contributed by atoms with Gasteiger partial charge in [-0.15, -0.1) is 0 Å². The van der Waals surface area contributed by atoms with E-state index in [-0.39, 0.29) is 12.6 Å². The Kier molecular flexibility index (Phi) is 6.26. The minimum Gasteiger partial charge on any atom is -0.394 e. The van der Waals surface area contributed by atoms with E-state index in [0.29, 0.717) is 27.9 Å². The normalized spacial score (nSPS) is 13.5. The smallest absolute Gasteiger partial charge is 0.229 e. The lowest BCUT2D eigenvalue weighted by molar-refractivity contribution is 0.281. The molecule has 9 nitrogen and oxygen atoms in total. The minimum absolute atomic E-state index is 0.0678. The van der Waals surface area contributed by atoms with Crippen molar-refractivity contribution in [1.82, 2.24) is 20.2 Å². The highest BCUT2D eigenvalue weighted by Gasteiger charge is 2.10. The quantitative estimate of drug-likeness (QED) is 0.278. The van der Waals surface area contributed by atoms with Crippen molar-refractivity contribution in [2.45, 2.75) is 17.9 Å². The summed E-state index contributed by atoms with van der Waals surface area (Å²) >= 11 is 0. The molecule has 0 saturated carbocycles. The van der Waals surface area contributed by atoms with Crippen LogP contribution >= 0.6 is 0 Å². The Hall–Kier alpha value is -3.94. The van der Waals surface area contributed by atoms with E-state index in [1.165, 1.54) is 6.26 Å². The number of aliphatic hydroxyl groups excluding tert-OH is 1. The second kappa shape index (κ2) is 9.28. The summed E-state index contributed by atoms with van der Waals surface area (Å²) in [6, 6.07) is 12.3. The highest BCUT2D eigenvalue weighted by molar-refractivity contribution is 7.91. The van der Waals surface area contributed by atoms with Crippen LogP contribution in [0.4, 0.5) is 17.5 Å². The van der Waals surface area contributed by atoms with Gasteiger partial charge >= 0.3 is 0 Å². The molecule has 0 radical (unpaired) electrons. The summed E-state index contributed by atoms with van der Waals surface area (Å²) in [5.41, 5.74) is 3.05. The first-order valence-electron chi connectivity index (χ1n) is 10.1. The van der Waals surface area contributed by atoms with Crippen molar-refractivity contribution < 1.29 is 9.32 Å². The van der Waals surface area contributed by atoms with Crippen LogP contribution in [0.5, 0.6) is 0 Å². The Morgan fingerprint density at radius 1 is 1.18 bits per heavy atom. The Morgan fingerprint density at radius 2 is 1.97 bits per heavy atom. The van der Waals surface area contributed by atoms with E-state index in [1.807, 2.05) is 25.1 Å². The highest BCUT2D eigenvalue weighted by Crippen LogP contribution is 2.20. The maximum absolute atomic E-state index is 11.9. The summed E-state index contributed by atoms with van der Waals surface area (Å²) in [4.78, 5) is 9.33. The van der Waals surface area contributed by atoms with Gasteiger partial charge in [0.2, 0.25) is 5.95 Å². The molecule has 0 aliphatic carbocycles. The number of aliphatic hydroxyl groups is 1. The van der Waals surface area contributed by atoms with Crippen LogP contribution in [0.1, 0.15) is 18.1 Å². The molecular weight excluding hydrogens is 438 g/mol. The van der Waals surface area contributed by atoms with Crippen LogP contribution in [0.2, 0.25) is 0 Å².